The van der Waals surface area contributed by atoms with E-state index in [1.54, 1.807) is 0 Å². The highest BCUT2D eigenvalue weighted by Crippen LogP contribution is 2.01. The Morgan fingerprint density at radius 2 is 2.46 bits per heavy atom. The van der Waals surface area contributed by atoms with Gasteiger partial charge in [-0.3, -0.25) is 9.36 Å². The van der Waals surface area contributed by atoms with Crippen LogP contribution in [0, 0.1) is 0 Å². The second kappa shape index (κ2) is 4.62. The van der Waals surface area contributed by atoms with E-state index in [4.69, 9.17) is 0 Å². The number of hydrogen-bond donors (Lipinski definition) is 1. The highest BCUT2D eigenvalue weighted by molar-refractivity contribution is 9.10. The number of rotatable bonds is 3. The molecule has 0 spiro atoms. The Balaban J connectivity index is 2.96. The van der Waals surface area contributed by atoms with Gasteiger partial charge in [-0.25, -0.2) is 4.98 Å². The van der Waals surface area contributed by atoms with E-state index < -0.39 is 0 Å². The van der Waals surface area contributed by atoms with Crippen LogP contribution in [0.4, 0.5) is 0 Å². The van der Waals surface area contributed by atoms with E-state index in [9.17, 15) is 4.79 Å². The highest BCUT2D eigenvalue weighted by Gasteiger charge is 2.01. The lowest BCUT2D eigenvalue weighted by Gasteiger charge is -2.05. The molecular weight excluding hydrogens is 252 g/mol. The van der Waals surface area contributed by atoms with Gasteiger partial charge in [-0.05, 0) is 21.5 Å². The van der Waals surface area contributed by atoms with Crippen molar-refractivity contribution in [3.63, 3.8) is 0 Å². The van der Waals surface area contributed by atoms with Crippen LogP contribution >= 0.6 is 28.6 Å². The van der Waals surface area contributed by atoms with E-state index in [2.05, 4.69) is 40.1 Å². The Labute approximate surface area is 90.0 Å². The van der Waals surface area contributed by atoms with Gasteiger partial charge in [-0.15, -0.1) is 0 Å². The minimum Gasteiger partial charge on any atom is -0.294 e. The smallest absolute Gasteiger partial charge is 0.267 e. The van der Waals surface area contributed by atoms with Gasteiger partial charge in [0.05, 0.1) is 6.33 Å². The van der Waals surface area contributed by atoms with Crippen LogP contribution in [0.5, 0.6) is 0 Å². The summed E-state index contributed by atoms with van der Waals surface area (Å²) in [5.41, 5.74) is 0.781. The molecule has 5 heteroatoms. The van der Waals surface area contributed by atoms with Gasteiger partial charge in [-0.2, -0.15) is 12.6 Å². The van der Waals surface area contributed by atoms with Crippen molar-refractivity contribution in [3.05, 3.63) is 39.5 Å². The molecule has 13 heavy (non-hydrogen) atoms. The quantitative estimate of drug-likeness (QED) is 0.661. The van der Waals surface area contributed by atoms with Gasteiger partial charge in [0.2, 0.25) is 0 Å². The van der Waals surface area contributed by atoms with E-state index in [0.717, 1.165) is 5.57 Å². The summed E-state index contributed by atoms with van der Waals surface area (Å²) in [6.07, 6.45) is 2.96. The summed E-state index contributed by atoms with van der Waals surface area (Å²) in [7, 11) is 0. The van der Waals surface area contributed by atoms with Gasteiger partial charge in [0.25, 0.3) is 5.56 Å². The van der Waals surface area contributed by atoms with Gasteiger partial charge in [0.15, 0.2) is 0 Å². The third-order valence-corrected chi connectivity index (χ3v) is 2.47. The molecule has 0 atom stereocenters. The average Bonchev–Trinajstić information content (AvgIpc) is 2.13. The predicted octanol–water partition coefficient (Wildman–Crippen LogP) is 1.49. The van der Waals surface area contributed by atoms with Gasteiger partial charge in [0, 0.05) is 18.5 Å². The second-order valence-corrected chi connectivity index (χ2v) is 3.75. The van der Waals surface area contributed by atoms with Crippen molar-refractivity contribution < 1.29 is 0 Å². The lowest BCUT2D eigenvalue weighted by atomic mass is 10.3. The van der Waals surface area contributed by atoms with E-state index in [1.807, 2.05) is 0 Å². The maximum atomic E-state index is 11.4. The third-order valence-electron chi connectivity index (χ3n) is 1.48. The molecule has 0 aromatic carbocycles. The number of nitrogens with zero attached hydrogens (tertiary/aromatic N) is 2. The lowest BCUT2D eigenvalue weighted by Crippen LogP contribution is -2.21. The molecule has 0 aliphatic carbocycles. The molecule has 0 N–H and O–H groups in total. The normalized spacial score (nSPS) is 10.0. The van der Waals surface area contributed by atoms with Crippen LogP contribution < -0.4 is 5.56 Å². The molecule has 0 saturated heterocycles. The lowest BCUT2D eigenvalue weighted by molar-refractivity contribution is 0.723. The second-order valence-electron chi connectivity index (χ2n) is 2.58. The fourth-order valence-electron chi connectivity index (χ4n) is 0.828. The first-order chi connectivity index (χ1) is 6.15. The predicted molar refractivity (Wildman–Crippen MR) is 59.2 cm³/mol. The van der Waals surface area contributed by atoms with E-state index in [-0.39, 0.29) is 5.56 Å². The van der Waals surface area contributed by atoms with Crippen molar-refractivity contribution in [3.8, 4) is 0 Å². The van der Waals surface area contributed by atoms with Crippen LogP contribution in [0.25, 0.3) is 0 Å². The van der Waals surface area contributed by atoms with Crippen LogP contribution in [-0.2, 0) is 6.54 Å². The third kappa shape index (κ3) is 2.70. The zero-order valence-corrected chi connectivity index (χ0v) is 9.38. The molecule has 0 unspecified atom stereocenters. The maximum absolute atomic E-state index is 11.4. The van der Waals surface area contributed by atoms with E-state index >= 15 is 0 Å². The number of aromatic nitrogens is 2. The largest absolute Gasteiger partial charge is 0.294 e. The van der Waals surface area contributed by atoms with Gasteiger partial charge < -0.3 is 0 Å². The molecule has 0 aliphatic heterocycles. The van der Waals surface area contributed by atoms with Gasteiger partial charge in [-0.1, -0.05) is 6.58 Å². The summed E-state index contributed by atoms with van der Waals surface area (Å²) in [6.45, 7) is 4.23. The van der Waals surface area contributed by atoms with Gasteiger partial charge in [0.1, 0.15) is 4.47 Å². The molecule has 0 bridgehead atoms. The number of thiol groups is 1. The molecule has 0 saturated carbocycles. The molecule has 0 amide bonds. The van der Waals surface area contributed by atoms with Crippen LogP contribution in [0.15, 0.2) is 33.9 Å². The molecule has 0 radical (unpaired) electrons. The summed E-state index contributed by atoms with van der Waals surface area (Å²) < 4.78 is 1.95. The van der Waals surface area contributed by atoms with Crippen molar-refractivity contribution in [2.45, 2.75) is 6.54 Å². The monoisotopic (exact) mass is 260 g/mol. The number of halogens is 1. The van der Waals surface area contributed by atoms with E-state index in [0.29, 0.717) is 16.8 Å². The Bertz CT molecular complexity index is 375. The standard InChI is InChI=1S/C8H9BrN2OS/c1-6(4-13)3-11-5-10-2-7(9)8(11)12/h2,5,13H,1,3-4H2. The van der Waals surface area contributed by atoms with Crippen molar-refractivity contribution in [2.24, 2.45) is 0 Å². The first-order valence-electron chi connectivity index (χ1n) is 3.62. The first kappa shape index (κ1) is 10.5. The summed E-state index contributed by atoms with van der Waals surface area (Å²) in [5, 5.41) is 0. The topological polar surface area (TPSA) is 34.9 Å². The summed E-state index contributed by atoms with van der Waals surface area (Å²) in [4.78, 5) is 15.3. The molecule has 1 aromatic heterocycles. The van der Waals surface area contributed by atoms with Crippen LogP contribution in [-0.4, -0.2) is 15.3 Å². The summed E-state index contributed by atoms with van der Waals surface area (Å²) >= 11 is 7.17. The number of hydrogen-bond acceptors (Lipinski definition) is 3. The molecule has 1 rings (SSSR count). The van der Waals surface area contributed by atoms with Crippen molar-refractivity contribution in [1.82, 2.24) is 9.55 Å². The molecule has 1 heterocycles. The molecule has 1 aromatic rings. The fourth-order valence-corrected chi connectivity index (χ4v) is 1.27. The van der Waals surface area contributed by atoms with Gasteiger partial charge >= 0.3 is 0 Å². The minimum atomic E-state index is -0.0991. The minimum absolute atomic E-state index is 0.0991. The first-order valence-corrected chi connectivity index (χ1v) is 5.05. The van der Waals surface area contributed by atoms with Crippen molar-refractivity contribution in [1.29, 1.82) is 0 Å². The molecule has 0 fully saturated rings. The Morgan fingerprint density at radius 3 is 3.08 bits per heavy atom. The molecule has 3 nitrogen and oxygen atoms in total. The van der Waals surface area contributed by atoms with Crippen LogP contribution in [0.1, 0.15) is 0 Å². The maximum Gasteiger partial charge on any atom is 0.267 e. The van der Waals surface area contributed by atoms with Crippen molar-refractivity contribution in [2.75, 3.05) is 5.75 Å². The highest BCUT2D eigenvalue weighted by atomic mass is 79.9. The average molecular weight is 261 g/mol. The SMILES string of the molecule is C=C(CS)Cn1cncc(Br)c1=O. The van der Waals surface area contributed by atoms with E-state index in [1.165, 1.54) is 17.1 Å². The zero-order valence-electron chi connectivity index (χ0n) is 6.90. The molecule has 0 aliphatic rings. The van der Waals surface area contributed by atoms with Crippen molar-refractivity contribution >= 4 is 28.6 Å². The Kier molecular flexibility index (Phi) is 3.74. The summed E-state index contributed by atoms with van der Waals surface area (Å²) in [6, 6.07) is 0. The summed E-state index contributed by atoms with van der Waals surface area (Å²) in [5.74, 6) is 0.568. The van der Waals surface area contributed by atoms with Crippen LogP contribution in [0.2, 0.25) is 0 Å². The Hall–Kier alpha value is -0.550. The fraction of sp³-hybridized carbons (Fsp3) is 0.250. The molecular formula is C8H9BrN2OS. The zero-order chi connectivity index (χ0) is 9.84. The Morgan fingerprint density at radius 1 is 1.77 bits per heavy atom. The van der Waals surface area contributed by atoms with Crippen LogP contribution in [0.3, 0.4) is 0 Å². The molecule has 70 valence electrons.